The molecule has 0 spiro atoms. The van der Waals surface area contributed by atoms with Gasteiger partial charge in [0.1, 0.15) is 5.71 Å². The first-order chi connectivity index (χ1) is 14.1. The third-order valence-electron chi connectivity index (χ3n) is 6.65. The Bertz CT molecular complexity index is 1180. The van der Waals surface area contributed by atoms with Gasteiger partial charge in [0.05, 0.1) is 5.57 Å². The van der Waals surface area contributed by atoms with E-state index in [1.807, 2.05) is 59.7 Å². The lowest BCUT2D eigenvalue weighted by atomic mass is 9.83. The molecule has 0 bridgehead atoms. The van der Waals surface area contributed by atoms with E-state index >= 15 is 8.63 Å². The van der Waals surface area contributed by atoms with Gasteiger partial charge in [-0.25, -0.2) is 0 Å². The molecule has 158 valence electrons. The molecule has 30 heavy (non-hydrogen) atoms. The van der Waals surface area contributed by atoms with E-state index in [1.165, 1.54) is 8.96 Å². The van der Waals surface area contributed by atoms with Gasteiger partial charge in [-0.15, -0.1) is 0 Å². The molecule has 0 N–H and O–H groups in total. The highest BCUT2D eigenvalue weighted by molar-refractivity contribution is 9.10. The van der Waals surface area contributed by atoms with Crippen molar-refractivity contribution in [2.24, 2.45) is 0 Å². The lowest BCUT2D eigenvalue weighted by Gasteiger charge is -2.34. The fraction of sp³-hybridized carbons (Fsp3) is 0.348. The maximum Gasteiger partial charge on any atom is 0.737 e. The molecular weight excluding hydrogens is 468 g/mol. The van der Waals surface area contributed by atoms with E-state index < -0.39 is 6.97 Å². The molecule has 0 saturated carbocycles. The summed E-state index contributed by atoms with van der Waals surface area (Å²) in [6.07, 6.45) is 1.42. The van der Waals surface area contributed by atoms with Crippen LogP contribution in [-0.4, -0.2) is 21.6 Å². The Morgan fingerprint density at radius 3 is 2.30 bits per heavy atom. The van der Waals surface area contributed by atoms with E-state index in [9.17, 15) is 0 Å². The number of benzene rings is 1. The van der Waals surface area contributed by atoms with Crippen LogP contribution < -0.4 is 0 Å². The van der Waals surface area contributed by atoms with Crippen LogP contribution >= 0.6 is 27.5 Å². The van der Waals surface area contributed by atoms with Crippen LogP contribution in [-0.2, 0) is 6.42 Å². The van der Waals surface area contributed by atoms with E-state index in [0.717, 1.165) is 37.9 Å². The second kappa shape index (κ2) is 7.20. The molecular formula is C23H25BBrClF2N2. The van der Waals surface area contributed by atoms with Gasteiger partial charge in [0, 0.05) is 33.3 Å². The zero-order valence-electron chi connectivity index (χ0n) is 18.1. The highest BCUT2D eigenvalue weighted by Gasteiger charge is 2.56. The first kappa shape index (κ1) is 21.6. The largest absolute Gasteiger partial charge is 0.737 e. The van der Waals surface area contributed by atoms with Gasteiger partial charge in [0.2, 0.25) is 0 Å². The molecule has 0 amide bonds. The molecule has 0 fully saturated rings. The zero-order chi connectivity index (χ0) is 22.1. The van der Waals surface area contributed by atoms with Crippen molar-refractivity contribution in [3.63, 3.8) is 0 Å². The highest BCUT2D eigenvalue weighted by atomic mass is 79.9. The number of hydrogen-bond acceptors (Lipinski definition) is 0. The van der Waals surface area contributed by atoms with Crippen molar-refractivity contribution < 1.29 is 13.1 Å². The number of rotatable bonds is 3. The average Bonchev–Trinajstić information content (AvgIpc) is 3.06. The number of nitrogens with zero attached hydrogens (tertiary/aromatic N) is 2. The van der Waals surface area contributed by atoms with Crippen molar-refractivity contribution >= 4 is 45.8 Å². The van der Waals surface area contributed by atoms with E-state index in [0.29, 0.717) is 40.7 Å². The first-order valence-corrected chi connectivity index (χ1v) is 11.5. The number of fused-ring (bicyclic) bond motifs is 2. The van der Waals surface area contributed by atoms with Gasteiger partial charge in [-0.3, -0.25) is 0 Å². The molecule has 2 nitrogen and oxygen atoms in total. The summed E-state index contributed by atoms with van der Waals surface area (Å²) in [7, 11) is 0. The quantitative estimate of drug-likeness (QED) is 0.397. The average molecular weight is 494 g/mol. The van der Waals surface area contributed by atoms with Gasteiger partial charge in [-0.2, -0.15) is 0 Å². The summed E-state index contributed by atoms with van der Waals surface area (Å²) in [5.41, 5.74) is 7.99. The molecule has 0 radical (unpaired) electrons. The van der Waals surface area contributed by atoms with Crippen molar-refractivity contribution in [3.05, 3.63) is 72.6 Å². The lowest BCUT2D eigenvalue weighted by Crippen LogP contribution is -2.51. The summed E-state index contributed by atoms with van der Waals surface area (Å²) < 4.78 is 35.7. The van der Waals surface area contributed by atoms with Crippen molar-refractivity contribution in [3.8, 4) is 0 Å². The van der Waals surface area contributed by atoms with E-state index in [2.05, 4.69) is 15.9 Å². The summed E-state index contributed by atoms with van der Waals surface area (Å²) in [4.78, 5) is 0. The van der Waals surface area contributed by atoms with E-state index in [4.69, 9.17) is 11.6 Å². The standard InChI is InChI=1S/C23H25BBrClF2N2/c1-7-19-12(3)22-21(16-9-17(25)11-18(26)10-16)23-13(4)20(8-2)15(6)30(23)24(27,28)29(22)14(19)5/h9-11H,7-8H2,1-6H3. The molecule has 2 aliphatic heterocycles. The predicted molar refractivity (Wildman–Crippen MR) is 126 cm³/mol. The Balaban J connectivity index is 2.25. The predicted octanol–water partition coefficient (Wildman–Crippen LogP) is 7.29. The molecule has 4 rings (SSSR count). The number of hydrogen-bond donors (Lipinski definition) is 0. The zero-order valence-corrected chi connectivity index (χ0v) is 20.5. The van der Waals surface area contributed by atoms with Gasteiger partial charge < -0.3 is 17.6 Å². The molecule has 2 aliphatic rings. The van der Waals surface area contributed by atoms with E-state index in [-0.39, 0.29) is 0 Å². The summed E-state index contributed by atoms with van der Waals surface area (Å²) in [5.74, 6) is 0. The Morgan fingerprint density at radius 1 is 1.07 bits per heavy atom. The molecule has 7 heteroatoms. The maximum absolute atomic E-state index is 16.2. The minimum Gasteiger partial charge on any atom is -0.393 e. The molecule has 2 aromatic rings. The van der Waals surface area contributed by atoms with Crippen molar-refractivity contribution in [2.75, 3.05) is 0 Å². The summed E-state index contributed by atoms with van der Waals surface area (Å²) >= 11 is 9.92. The number of halogens is 4. The van der Waals surface area contributed by atoms with Gasteiger partial charge in [0.15, 0.2) is 5.70 Å². The second-order valence-electron chi connectivity index (χ2n) is 8.14. The van der Waals surface area contributed by atoms with Crippen molar-refractivity contribution in [1.29, 1.82) is 0 Å². The van der Waals surface area contributed by atoms with Gasteiger partial charge in [-0.05, 0) is 74.2 Å². The molecule has 1 aromatic heterocycles. The monoisotopic (exact) mass is 492 g/mol. The van der Waals surface area contributed by atoms with Crippen LogP contribution in [0.1, 0.15) is 62.2 Å². The van der Waals surface area contributed by atoms with Gasteiger partial charge in [-0.1, -0.05) is 41.4 Å². The van der Waals surface area contributed by atoms with Crippen LogP contribution in [0.2, 0.25) is 5.02 Å². The minimum absolute atomic E-state index is 0.570. The molecule has 0 unspecified atom stereocenters. The fourth-order valence-corrected chi connectivity index (χ4v) is 6.31. The van der Waals surface area contributed by atoms with Crippen LogP contribution in [0.4, 0.5) is 8.63 Å². The maximum atomic E-state index is 16.2. The summed E-state index contributed by atoms with van der Waals surface area (Å²) in [6.45, 7) is 7.59. The smallest absolute Gasteiger partial charge is 0.393 e. The normalized spacial score (nSPS) is 17.8. The minimum atomic E-state index is -4.01. The SMILES string of the molecule is CCC1=C(C)C2=C(c3cc(Cl)cc(Br)c3)c3c(C)c(CC)c(C)n3[B-](F)(F)[N+]2=C1C. The third kappa shape index (κ3) is 2.76. The first-order valence-electron chi connectivity index (χ1n) is 10.3. The molecule has 1 aromatic carbocycles. The number of aromatic nitrogens is 1. The van der Waals surface area contributed by atoms with Crippen LogP contribution in [0.15, 0.2) is 39.5 Å². The lowest BCUT2D eigenvalue weighted by molar-refractivity contribution is -0.363. The Labute approximate surface area is 190 Å². The third-order valence-corrected chi connectivity index (χ3v) is 7.32. The van der Waals surface area contributed by atoms with Gasteiger partial charge >= 0.3 is 6.97 Å². The number of allylic oxidation sites excluding steroid dienone is 2. The topological polar surface area (TPSA) is 7.94 Å². The summed E-state index contributed by atoms with van der Waals surface area (Å²) in [5, 5.41) is 0.570. The summed E-state index contributed by atoms with van der Waals surface area (Å²) in [6, 6.07) is 5.65. The van der Waals surface area contributed by atoms with Gasteiger partial charge in [0.25, 0.3) is 0 Å². The highest BCUT2D eigenvalue weighted by Crippen LogP contribution is 2.47. The van der Waals surface area contributed by atoms with Crippen molar-refractivity contribution in [2.45, 2.75) is 54.4 Å². The molecule has 0 atom stereocenters. The van der Waals surface area contributed by atoms with Crippen LogP contribution in [0.5, 0.6) is 0 Å². The fourth-order valence-electron chi connectivity index (χ4n) is 5.45. The van der Waals surface area contributed by atoms with E-state index in [1.54, 1.807) is 0 Å². The molecule has 0 aliphatic carbocycles. The molecule has 0 saturated heterocycles. The molecule has 3 heterocycles. The Kier molecular flexibility index (Phi) is 5.18. The van der Waals surface area contributed by atoms with Crippen LogP contribution in [0, 0.1) is 13.8 Å². The Morgan fingerprint density at radius 2 is 1.73 bits per heavy atom. The van der Waals surface area contributed by atoms with Crippen LogP contribution in [0.25, 0.3) is 5.57 Å². The second-order valence-corrected chi connectivity index (χ2v) is 9.50. The van der Waals surface area contributed by atoms with Crippen LogP contribution in [0.3, 0.4) is 0 Å². The Hall–Kier alpha value is -1.66. The van der Waals surface area contributed by atoms with Crippen molar-refractivity contribution in [1.82, 2.24) is 4.48 Å².